The highest BCUT2D eigenvalue weighted by molar-refractivity contribution is 7.89. The van der Waals surface area contributed by atoms with Crippen molar-refractivity contribution in [3.63, 3.8) is 0 Å². The van der Waals surface area contributed by atoms with Crippen LogP contribution in [0.25, 0.3) is 10.9 Å². The largest absolute Gasteiger partial charge is 0.340 e. The van der Waals surface area contributed by atoms with Gasteiger partial charge in [0.05, 0.1) is 4.90 Å². The molecule has 1 amide bonds. The molecule has 1 fully saturated rings. The van der Waals surface area contributed by atoms with E-state index in [0.717, 1.165) is 23.7 Å². The van der Waals surface area contributed by atoms with Crippen LogP contribution in [0, 0.1) is 5.92 Å². The number of hydrogen-bond donors (Lipinski definition) is 0. The standard InChI is InChI=1S/C20H29N3O3S/c1-5-22(6-2)20(24)19-14-16-13-17(7-8-18(16)21(19)4)27(25,26)23-11-9-15(3)10-12-23/h7-8,13-15H,5-6,9-12H2,1-4H3. The summed E-state index contributed by atoms with van der Waals surface area (Å²) in [7, 11) is -1.65. The number of benzene rings is 1. The normalized spacial score (nSPS) is 16.7. The first-order valence-electron chi connectivity index (χ1n) is 9.68. The topological polar surface area (TPSA) is 62.6 Å². The molecule has 1 aromatic carbocycles. The molecule has 6 nitrogen and oxygen atoms in total. The maximum Gasteiger partial charge on any atom is 0.270 e. The monoisotopic (exact) mass is 391 g/mol. The van der Waals surface area contributed by atoms with E-state index in [1.165, 1.54) is 0 Å². The summed E-state index contributed by atoms with van der Waals surface area (Å²) in [6.45, 7) is 8.49. The Bertz CT molecular complexity index is 937. The summed E-state index contributed by atoms with van der Waals surface area (Å²) in [6, 6.07) is 6.95. The summed E-state index contributed by atoms with van der Waals surface area (Å²) >= 11 is 0. The van der Waals surface area contributed by atoms with Crippen molar-refractivity contribution >= 4 is 26.8 Å². The summed E-state index contributed by atoms with van der Waals surface area (Å²) in [4.78, 5) is 14.8. The van der Waals surface area contributed by atoms with E-state index in [1.54, 1.807) is 33.5 Å². The lowest BCUT2D eigenvalue weighted by atomic mass is 10.0. The van der Waals surface area contributed by atoms with Crippen LogP contribution in [0.1, 0.15) is 44.1 Å². The van der Waals surface area contributed by atoms with Gasteiger partial charge < -0.3 is 9.47 Å². The van der Waals surface area contributed by atoms with Crippen LogP contribution in [0.15, 0.2) is 29.2 Å². The summed E-state index contributed by atoms with van der Waals surface area (Å²) in [5, 5.41) is 0.777. The minimum Gasteiger partial charge on any atom is -0.340 e. The lowest BCUT2D eigenvalue weighted by Gasteiger charge is -2.29. The second-order valence-electron chi connectivity index (χ2n) is 7.37. The van der Waals surface area contributed by atoms with E-state index >= 15 is 0 Å². The molecule has 1 aliphatic rings. The lowest BCUT2D eigenvalue weighted by molar-refractivity contribution is 0.0764. The first-order valence-corrected chi connectivity index (χ1v) is 11.1. The van der Waals surface area contributed by atoms with Gasteiger partial charge in [-0.15, -0.1) is 0 Å². The third kappa shape index (κ3) is 3.62. The highest BCUT2D eigenvalue weighted by atomic mass is 32.2. The smallest absolute Gasteiger partial charge is 0.270 e. The number of nitrogens with zero attached hydrogens (tertiary/aromatic N) is 3. The maximum absolute atomic E-state index is 13.0. The van der Waals surface area contributed by atoms with E-state index in [4.69, 9.17) is 0 Å². The zero-order valence-corrected chi connectivity index (χ0v) is 17.4. The average Bonchev–Trinajstić information content (AvgIpc) is 2.99. The van der Waals surface area contributed by atoms with E-state index in [0.29, 0.717) is 42.7 Å². The molecule has 0 saturated carbocycles. The van der Waals surface area contributed by atoms with Gasteiger partial charge in [-0.25, -0.2) is 8.42 Å². The molecule has 27 heavy (non-hydrogen) atoms. The zero-order valence-electron chi connectivity index (χ0n) is 16.6. The van der Waals surface area contributed by atoms with Gasteiger partial charge in [-0.2, -0.15) is 4.31 Å². The Hall–Kier alpha value is -1.86. The van der Waals surface area contributed by atoms with Crippen molar-refractivity contribution in [3.05, 3.63) is 30.0 Å². The van der Waals surface area contributed by atoms with Gasteiger partial charge in [0.1, 0.15) is 5.69 Å². The van der Waals surface area contributed by atoms with Crippen molar-refractivity contribution in [1.29, 1.82) is 0 Å². The Morgan fingerprint density at radius 2 is 1.78 bits per heavy atom. The molecule has 3 rings (SSSR count). The number of sulfonamides is 1. The predicted octanol–water partition coefficient (Wildman–Crippen LogP) is 3.08. The molecule has 0 radical (unpaired) electrons. The summed E-state index contributed by atoms with van der Waals surface area (Å²) in [5.41, 5.74) is 1.44. The molecule has 0 spiro atoms. The molecule has 0 bridgehead atoms. The first-order chi connectivity index (χ1) is 12.8. The molecule has 1 aliphatic heterocycles. The number of fused-ring (bicyclic) bond motifs is 1. The number of carbonyl (C=O) groups is 1. The number of piperidine rings is 1. The van der Waals surface area contributed by atoms with Crippen LogP contribution in [0.2, 0.25) is 0 Å². The Morgan fingerprint density at radius 1 is 1.15 bits per heavy atom. The quantitative estimate of drug-likeness (QED) is 0.787. The number of carbonyl (C=O) groups excluding carboxylic acids is 1. The van der Waals surface area contributed by atoms with Crippen molar-refractivity contribution in [2.75, 3.05) is 26.2 Å². The van der Waals surface area contributed by atoms with Crippen molar-refractivity contribution in [2.45, 2.75) is 38.5 Å². The summed E-state index contributed by atoms with van der Waals surface area (Å²) in [6.07, 6.45) is 1.80. The van der Waals surface area contributed by atoms with Gasteiger partial charge in [-0.3, -0.25) is 4.79 Å². The third-order valence-corrected chi connectivity index (χ3v) is 7.56. The van der Waals surface area contributed by atoms with Gasteiger partial charge in [0, 0.05) is 44.1 Å². The Labute approximate surface area is 161 Å². The number of hydrogen-bond acceptors (Lipinski definition) is 3. The minimum absolute atomic E-state index is 0.0341. The average molecular weight is 392 g/mol. The van der Waals surface area contributed by atoms with Crippen LogP contribution >= 0.6 is 0 Å². The van der Waals surface area contributed by atoms with Gasteiger partial charge in [0.2, 0.25) is 10.0 Å². The predicted molar refractivity (Wildman–Crippen MR) is 107 cm³/mol. The fourth-order valence-corrected chi connectivity index (χ4v) is 5.25. The van der Waals surface area contributed by atoms with E-state index in [9.17, 15) is 13.2 Å². The van der Waals surface area contributed by atoms with Gasteiger partial charge >= 0.3 is 0 Å². The van der Waals surface area contributed by atoms with E-state index in [1.807, 2.05) is 25.5 Å². The van der Waals surface area contributed by atoms with Gasteiger partial charge in [-0.05, 0) is 56.9 Å². The van der Waals surface area contributed by atoms with Crippen LogP contribution in [-0.2, 0) is 17.1 Å². The molecular formula is C20H29N3O3S. The summed E-state index contributed by atoms with van der Waals surface area (Å²) in [5.74, 6) is 0.537. The van der Waals surface area contributed by atoms with Gasteiger partial charge in [0.25, 0.3) is 5.91 Å². The van der Waals surface area contributed by atoms with Crippen molar-refractivity contribution in [1.82, 2.24) is 13.8 Å². The second-order valence-corrected chi connectivity index (χ2v) is 9.31. The molecular weight excluding hydrogens is 362 g/mol. The molecule has 0 aliphatic carbocycles. The Kier molecular flexibility index (Phi) is 5.63. The highest BCUT2D eigenvalue weighted by Crippen LogP contribution is 2.27. The fraction of sp³-hybridized carbons (Fsp3) is 0.550. The number of aryl methyl sites for hydroxylation is 1. The van der Waals surface area contributed by atoms with Crippen LogP contribution in [-0.4, -0.2) is 54.3 Å². The highest BCUT2D eigenvalue weighted by Gasteiger charge is 2.28. The van der Waals surface area contributed by atoms with Crippen LogP contribution in [0.3, 0.4) is 0 Å². The van der Waals surface area contributed by atoms with Crippen molar-refractivity contribution in [2.24, 2.45) is 13.0 Å². The van der Waals surface area contributed by atoms with Gasteiger partial charge in [-0.1, -0.05) is 6.92 Å². The lowest BCUT2D eigenvalue weighted by Crippen LogP contribution is -2.37. The second kappa shape index (κ2) is 7.64. The number of rotatable bonds is 5. The van der Waals surface area contributed by atoms with Crippen LogP contribution in [0.4, 0.5) is 0 Å². The molecule has 0 N–H and O–H groups in total. The van der Waals surface area contributed by atoms with Gasteiger partial charge in [0.15, 0.2) is 0 Å². The van der Waals surface area contributed by atoms with E-state index < -0.39 is 10.0 Å². The minimum atomic E-state index is -3.50. The number of aromatic nitrogens is 1. The summed E-state index contributed by atoms with van der Waals surface area (Å²) < 4.78 is 29.4. The first kappa shape index (κ1) is 19.9. The SMILES string of the molecule is CCN(CC)C(=O)c1cc2cc(S(=O)(=O)N3CCC(C)CC3)ccc2n1C. The molecule has 148 valence electrons. The van der Waals surface area contributed by atoms with Crippen molar-refractivity contribution in [3.8, 4) is 0 Å². The van der Waals surface area contributed by atoms with E-state index in [2.05, 4.69) is 6.92 Å². The zero-order chi connectivity index (χ0) is 19.8. The molecule has 2 heterocycles. The maximum atomic E-state index is 13.0. The number of amides is 1. The molecule has 1 aromatic heterocycles. The molecule has 2 aromatic rings. The Balaban J connectivity index is 1.97. The van der Waals surface area contributed by atoms with E-state index in [-0.39, 0.29) is 5.91 Å². The van der Waals surface area contributed by atoms with Crippen LogP contribution in [0.5, 0.6) is 0 Å². The fourth-order valence-electron chi connectivity index (χ4n) is 3.74. The van der Waals surface area contributed by atoms with Crippen molar-refractivity contribution < 1.29 is 13.2 Å². The molecule has 0 unspecified atom stereocenters. The molecule has 1 saturated heterocycles. The molecule has 0 atom stereocenters. The third-order valence-electron chi connectivity index (χ3n) is 5.66. The van der Waals surface area contributed by atoms with Crippen LogP contribution < -0.4 is 0 Å². The Morgan fingerprint density at radius 3 is 2.37 bits per heavy atom. The molecule has 7 heteroatoms.